The summed E-state index contributed by atoms with van der Waals surface area (Å²) in [6.07, 6.45) is 79.9. The van der Waals surface area contributed by atoms with Crippen molar-refractivity contribution in [2.75, 3.05) is 40.9 Å². The number of rotatable bonds is 57. The highest BCUT2D eigenvalue weighted by molar-refractivity contribution is 7.47. The number of unbranched alkanes of at least 4 members (excludes halogenated alkanes) is 32. The van der Waals surface area contributed by atoms with E-state index in [9.17, 15) is 19.4 Å². The summed E-state index contributed by atoms with van der Waals surface area (Å²) in [7, 11) is 1.55. The van der Waals surface area contributed by atoms with Crippen LogP contribution < -0.4 is 5.32 Å². The quantitative estimate of drug-likeness (QED) is 0.0243. The molecule has 0 aliphatic rings. The second-order valence-electron chi connectivity index (χ2n) is 22.4. The van der Waals surface area contributed by atoms with E-state index >= 15 is 0 Å². The predicted octanol–water partition coefficient (Wildman–Crippen LogP) is 19.6. The van der Waals surface area contributed by atoms with Crippen molar-refractivity contribution in [3.63, 3.8) is 0 Å². The molecule has 0 radical (unpaired) electrons. The van der Waals surface area contributed by atoms with Crippen LogP contribution in [-0.4, -0.2) is 73.4 Å². The molecular formula is C66H122N2O6P+. The van der Waals surface area contributed by atoms with Crippen LogP contribution in [0.5, 0.6) is 0 Å². The summed E-state index contributed by atoms with van der Waals surface area (Å²) in [4.78, 5) is 23.4. The van der Waals surface area contributed by atoms with E-state index in [2.05, 4.69) is 92.1 Å². The van der Waals surface area contributed by atoms with Gasteiger partial charge in [-0.2, -0.15) is 0 Å². The lowest BCUT2D eigenvalue weighted by molar-refractivity contribution is -0.870. The largest absolute Gasteiger partial charge is 0.472 e. The van der Waals surface area contributed by atoms with E-state index in [1.165, 1.54) is 186 Å². The molecule has 436 valence electrons. The van der Waals surface area contributed by atoms with Gasteiger partial charge < -0.3 is 19.8 Å². The van der Waals surface area contributed by atoms with E-state index in [-0.39, 0.29) is 19.1 Å². The Bertz CT molecular complexity index is 1500. The molecule has 0 aromatic heterocycles. The molecule has 0 saturated heterocycles. The smallest absolute Gasteiger partial charge is 0.387 e. The SMILES string of the molecule is CC/C=C\C/C=C\C/C=C\C/C=C\CCCCCCCCCCCCCCCCCCCCC(=O)NC(COP(=O)(O)OCC[N+](C)(C)C)C(O)/C=C/CC/C=C/CC/C=C/CCCCCCCCCCCCCC. The van der Waals surface area contributed by atoms with E-state index in [0.29, 0.717) is 17.4 Å². The van der Waals surface area contributed by atoms with Gasteiger partial charge in [0.15, 0.2) is 0 Å². The fourth-order valence-electron chi connectivity index (χ4n) is 8.95. The fraction of sp³-hybridized carbons (Fsp3) is 0.773. The molecule has 0 rings (SSSR count). The molecule has 1 amide bonds. The molecule has 0 fully saturated rings. The minimum absolute atomic E-state index is 0.0517. The highest BCUT2D eigenvalue weighted by Gasteiger charge is 2.27. The summed E-state index contributed by atoms with van der Waals surface area (Å²) < 4.78 is 23.7. The minimum atomic E-state index is -4.36. The molecule has 0 aromatic carbocycles. The maximum atomic E-state index is 13.0. The number of hydrogen-bond acceptors (Lipinski definition) is 5. The van der Waals surface area contributed by atoms with Gasteiger partial charge >= 0.3 is 7.82 Å². The van der Waals surface area contributed by atoms with Crippen LogP contribution >= 0.6 is 7.82 Å². The highest BCUT2D eigenvalue weighted by atomic mass is 31.2. The first-order valence-electron chi connectivity index (χ1n) is 31.5. The zero-order valence-corrected chi connectivity index (χ0v) is 50.7. The molecule has 0 aromatic rings. The van der Waals surface area contributed by atoms with Crippen LogP contribution in [0.25, 0.3) is 0 Å². The third-order valence-corrected chi connectivity index (χ3v) is 14.8. The number of phosphoric ester groups is 1. The highest BCUT2D eigenvalue weighted by Crippen LogP contribution is 2.43. The number of quaternary nitrogens is 1. The number of phosphoric acid groups is 1. The number of likely N-dealkylation sites (N-methyl/N-ethyl adjacent to an activating group) is 1. The number of aliphatic hydroxyl groups is 1. The molecule has 0 aliphatic heterocycles. The average Bonchev–Trinajstić information content (AvgIpc) is 3.37. The van der Waals surface area contributed by atoms with Crippen molar-refractivity contribution >= 4 is 13.7 Å². The van der Waals surface area contributed by atoms with E-state index in [0.717, 1.165) is 70.6 Å². The van der Waals surface area contributed by atoms with Crippen molar-refractivity contribution in [3.05, 3.63) is 85.1 Å². The van der Waals surface area contributed by atoms with E-state index in [1.54, 1.807) is 6.08 Å². The molecule has 3 unspecified atom stereocenters. The molecule has 3 atom stereocenters. The summed E-state index contributed by atoms with van der Waals surface area (Å²) in [5.41, 5.74) is 0. The number of amides is 1. The molecular weight excluding hydrogens is 948 g/mol. The van der Waals surface area contributed by atoms with Crippen molar-refractivity contribution in [1.82, 2.24) is 5.32 Å². The molecule has 3 N–H and O–H groups in total. The topological polar surface area (TPSA) is 105 Å². The van der Waals surface area contributed by atoms with Crippen LogP contribution in [0.1, 0.15) is 277 Å². The number of allylic oxidation sites excluding steroid dienone is 13. The van der Waals surface area contributed by atoms with E-state index in [1.807, 2.05) is 27.2 Å². The van der Waals surface area contributed by atoms with Gasteiger partial charge in [0.25, 0.3) is 0 Å². The lowest BCUT2D eigenvalue weighted by Gasteiger charge is -2.25. The van der Waals surface area contributed by atoms with Crippen LogP contribution in [-0.2, 0) is 18.4 Å². The first-order chi connectivity index (χ1) is 36.5. The monoisotopic (exact) mass is 1070 g/mol. The Morgan fingerprint density at radius 2 is 0.813 bits per heavy atom. The standard InChI is InChI=1S/C66H121N2O6P/c1-6-8-10-12-14-16-18-20-22-24-26-28-30-31-32-33-34-35-36-37-38-40-42-44-46-48-50-52-54-56-58-60-66(70)67-64(63-74-75(71,72)73-62-61-68(3,4)5)65(69)59-57-55-53-51-49-47-45-43-41-39-29-27-25-23-21-19-17-15-13-11-9-7-2/h8,10,14,16,20,22,26,28,41,43,49,51,57,59,64-65,69H,6-7,9,11-13,15,17-19,21,23-25,27,29-40,42,44-48,50,52-56,58,60-63H2,1-5H3,(H-,67,70,71,72)/p+1/b10-8-,16-14-,22-20-,28-26-,43-41+,51-49+,59-57+. The maximum absolute atomic E-state index is 13.0. The summed E-state index contributed by atoms with van der Waals surface area (Å²) in [5.74, 6) is -0.190. The number of nitrogens with one attached hydrogen (secondary N) is 1. The Morgan fingerprint density at radius 3 is 1.23 bits per heavy atom. The van der Waals surface area contributed by atoms with Gasteiger partial charge in [-0.25, -0.2) is 4.57 Å². The maximum Gasteiger partial charge on any atom is 0.472 e. The van der Waals surface area contributed by atoms with Gasteiger partial charge in [-0.15, -0.1) is 0 Å². The van der Waals surface area contributed by atoms with Crippen LogP contribution in [0.15, 0.2) is 85.1 Å². The summed E-state index contributed by atoms with van der Waals surface area (Å²) >= 11 is 0. The van der Waals surface area contributed by atoms with Crippen molar-refractivity contribution in [2.45, 2.75) is 289 Å². The van der Waals surface area contributed by atoms with Crippen molar-refractivity contribution in [2.24, 2.45) is 0 Å². The Kier molecular flexibility index (Phi) is 54.7. The molecule has 75 heavy (non-hydrogen) atoms. The van der Waals surface area contributed by atoms with Crippen LogP contribution in [0.4, 0.5) is 0 Å². The molecule has 8 nitrogen and oxygen atoms in total. The summed E-state index contributed by atoms with van der Waals surface area (Å²) in [6.45, 7) is 4.70. The average molecular weight is 1070 g/mol. The normalized spacial score (nSPS) is 14.4. The number of aliphatic hydroxyl groups excluding tert-OH is 1. The van der Waals surface area contributed by atoms with Gasteiger partial charge in [0, 0.05) is 6.42 Å². The molecule has 0 spiro atoms. The summed E-state index contributed by atoms with van der Waals surface area (Å²) in [6, 6.07) is -0.874. The zero-order valence-electron chi connectivity index (χ0n) is 49.8. The third kappa shape index (κ3) is 59.2. The van der Waals surface area contributed by atoms with Crippen molar-refractivity contribution in [3.8, 4) is 0 Å². The van der Waals surface area contributed by atoms with E-state index in [4.69, 9.17) is 9.05 Å². The summed E-state index contributed by atoms with van der Waals surface area (Å²) in [5, 5.41) is 13.9. The lowest BCUT2D eigenvalue weighted by atomic mass is 10.0. The molecule has 0 heterocycles. The van der Waals surface area contributed by atoms with Crippen LogP contribution in [0, 0.1) is 0 Å². The molecule has 0 aliphatic carbocycles. The van der Waals surface area contributed by atoms with Gasteiger partial charge in [0.1, 0.15) is 13.2 Å². The van der Waals surface area contributed by atoms with Crippen LogP contribution in [0.3, 0.4) is 0 Å². The van der Waals surface area contributed by atoms with Gasteiger partial charge in [-0.3, -0.25) is 13.8 Å². The third-order valence-electron chi connectivity index (χ3n) is 13.8. The Labute approximate surface area is 465 Å². The Hall–Kier alpha value is -2.32. The second-order valence-corrected chi connectivity index (χ2v) is 23.8. The Morgan fingerprint density at radius 1 is 0.467 bits per heavy atom. The molecule has 0 bridgehead atoms. The van der Waals surface area contributed by atoms with E-state index < -0.39 is 20.0 Å². The predicted molar refractivity (Wildman–Crippen MR) is 327 cm³/mol. The van der Waals surface area contributed by atoms with Gasteiger partial charge in [-0.1, -0.05) is 272 Å². The fourth-order valence-corrected chi connectivity index (χ4v) is 9.69. The van der Waals surface area contributed by atoms with Gasteiger partial charge in [0.05, 0.1) is 39.9 Å². The zero-order chi connectivity index (χ0) is 54.9. The number of hydrogen-bond donors (Lipinski definition) is 3. The number of nitrogens with zero attached hydrogens (tertiary/aromatic N) is 1. The minimum Gasteiger partial charge on any atom is -0.387 e. The molecule has 9 heteroatoms. The van der Waals surface area contributed by atoms with Gasteiger partial charge in [-0.05, 0) is 83.5 Å². The lowest BCUT2D eigenvalue weighted by Crippen LogP contribution is -2.45. The second kappa shape index (κ2) is 56.4. The Balaban J connectivity index is 4.16. The van der Waals surface area contributed by atoms with Crippen molar-refractivity contribution < 1.29 is 32.9 Å². The molecule has 0 saturated carbocycles. The van der Waals surface area contributed by atoms with Crippen LogP contribution in [0.2, 0.25) is 0 Å². The number of carbonyl (C=O) groups is 1. The first-order valence-corrected chi connectivity index (χ1v) is 33.0. The van der Waals surface area contributed by atoms with Crippen molar-refractivity contribution in [1.29, 1.82) is 0 Å². The number of carbonyl (C=O) groups excluding carboxylic acids is 1. The van der Waals surface area contributed by atoms with Gasteiger partial charge in [0.2, 0.25) is 5.91 Å². The first kappa shape index (κ1) is 72.7.